The first-order valence-corrected chi connectivity index (χ1v) is 7.67. The quantitative estimate of drug-likeness (QED) is 0.810. The highest BCUT2D eigenvalue weighted by atomic mass is 16.5. The predicted molar refractivity (Wildman–Crippen MR) is 72.2 cm³/mol. The van der Waals surface area contributed by atoms with Crippen molar-refractivity contribution in [1.82, 2.24) is 5.32 Å². The van der Waals surface area contributed by atoms with Crippen molar-refractivity contribution in [3.05, 3.63) is 0 Å². The predicted octanol–water partition coefficient (Wildman–Crippen LogP) is 3.50. The summed E-state index contributed by atoms with van der Waals surface area (Å²) in [6, 6.07) is 1.49. The molecule has 4 unspecified atom stereocenters. The molecular weight excluding hydrogens is 210 g/mol. The molecule has 2 aliphatic rings. The molecule has 0 spiro atoms. The summed E-state index contributed by atoms with van der Waals surface area (Å²) in [6.45, 7) is 5.63. The lowest BCUT2D eigenvalue weighted by molar-refractivity contribution is -0.00708. The van der Waals surface area contributed by atoms with Gasteiger partial charge < -0.3 is 10.1 Å². The molecule has 1 aliphatic heterocycles. The second-order valence-electron chi connectivity index (χ2n) is 6.04. The van der Waals surface area contributed by atoms with Crippen molar-refractivity contribution >= 4 is 0 Å². The van der Waals surface area contributed by atoms with Crippen LogP contribution in [-0.2, 0) is 4.74 Å². The Balaban J connectivity index is 1.77. The maximum Gasteiger partial charge on any atom is 0.0589 e. The molecule has 1 saturated heterocycles. The van der Waals surface area contributed by atoms with Gasteiger partial charge in [-0.25, -0.2) is 0 Å². The fourth-order valence-electron chi connectivity index (χ4n) is 3.42. The number of nitrogens with one attached hydrogen (secondary N) is 1. The van der Waals surface area contributed by atoms with Crippen LogP contribution in [0, 0.1) is 5.92 Å². The fourth-order valence-corrected chi connectivity index (χ4v) is 3.42. The normalized spacial score (nSPS) is 39.2. The summed E-state index contributed by atoms with van der Waals surface area (Å²) in [4.78, 5) is 0. The van der Waals surface area contributed by atoms with Gasteiger partial charge in [-0.2, -0.15) is 0 Å². The lowest BCUT2D eigenvalue weighted by atomic mass is 9.85. The summed E-state index contributed by atoms with van der Waals surface area (Å²) in [5, 5.41) is 3.92. The highest BCUT2D eigenvalue weighted by molar-refractivity contribution is 4.84. The van der Waals surface area contributed by atoms with Crippen molar-refractivity contribution in [2.75, 3.05) is 6.61 Å². The molecule has 2 rings (SSSR count). The highest BCUT2D eigenvalue weighted by Gasteiger charge is 2.27. The van der Waals surface area contributed by atoms with Crippen molar-refractivity contribution < 1.29 is 4.74 Å². The minimum atomic E-state index is 0.519. The van der Waals surface area contributed by atoms with Gasteiger partial charge >= 0.3 is 0 Å². The summed E-state index contributed by atoms with van der Waals surface area (Å²) in [5.74, 6) is 0.872. The Hall–Kier alpha value is -0.0800. The minimum Gasteiger partial charge on any atom is -0.378 e. The average Bonchev–Trinajstić information content (AvgIpc) is 2.33. The zero-order valence-electron chi connectivity index (χ0n) is 11.6. The van der Waals surface area contributed by atoms with Gasteiger partial charge in [-0.3, -0.25) is 0 Å². The number of hydrogen-bond acceptors (Lipinski definition) is 2. The van der Waals surface area contributed by atoms with Crippen molar-refractivity contribution in [3.8, 4) is 0 Å². The number of ether oxygens (including phenoxy) is 1. The van der Waals surface area contributed by atoms with Crippen LogP contribution in [0.4, 0.5) is 0 Å². The molecule has 1 N–H and O–H groups in total. The standard InChI is InChI=1S/C15H29NO/c1-3-6-14-11-13(9-10-17-14)16-15-8-5-4-7-12(15)2/h12-16H,3-11H2,1-2H3. The van der Waals surface area contributed by atoms with Crippen molar-refractivity contribution in [2.45, 2.75) is 83.4 Å². The van der Waals surface area contributed by atoms with E-state index in [1.807, 2.05) is 0 Å². The van der Waals surface area contributed by atoms with Crippen LogP contribution in [-0.4, -0.2) is 24.8 Å². The summed E-state index contributed by atoms with van der Waals surface area (Å²) >= 11 is 0. The van der Waals surface area contributed by atoms with Crippen LogP contribution in [0.5, 0.6) is 0 Å². The van der Waals surface area contributed by atoms with E-state index in [0.717, 1.165) is 18.6 Å². The first-order chi connectivity index (χ1) is 8.29. The molecule has 17 heavy (non-hydrogen) atoms. The molecule has 0 aromatic heterocycles. The van der Waals surface area contributed by atoms with E-state index in [-0.39, 0.29) is 0 Å². The maximum atomic E-state index is 5.82. The second-order valence-corrected chi connectivity index (χ2v) is 6.04. The van der Waals surface area contributed by atoms with Gasteiger partial charge in [0.05, 0.1) is 6.10 Å². The Morgan fingerprint density at radius 3 is 2.76 bits per heavy atom. The molecule has 0 bridgehead atoms. The Kier molecular flexibility index (Phi) is 5.30. The molecule has 100 valence electrons. The maximum absolute atomic E-state index is 5.82. The van der Waals surface area contributed by atoms with E-state index in [4.69, 9.17) is 4.74 Å². The lowest BCUT2D eigenvalue weighted by Crippen LogP contribution is -2.47. The molecule has 1 aliphatic carbocycles. The van der Waals surface area contributed by atoms with Gasteiger partial charge in [0, 0.05) is 18.7 Å². The summed E-state index contributed by atoms with van der Waals surface area (Å²) in [7, 11) is 0. The van der Waals surface area contributed by atoms with E-state index < -0.39 is 0 Å². The molecule has 4 atom stereocenters. The van der Waals surface area contributed by atoms with Gasteiger partial charge in [0.1, 0.15) is 0 Å². The van der Waals surface area contributed by atoms with Crippen LogP contribution in [0.25, 0.3) is 0 Å². The van der Waals surface area contributed by atoms with Crippen LogP contribution >= 0.6 is 0 Å². The van der Waals surface area contributed by atoms with Gasteiger partial charge in [0.15, 0.2) is 0 Å². The molecular formula is C15H29NO. The zero-order chi connectivity index (χ0) is 12.1. The van der Waals surface area contributed by atoms with Gasteiger partial charge in [-0.15, -0.1) is 0 Å². The largest absolute Gasteiger partial charge is 0.378 e. The molecule has 2 fully saturated rings. The summed E-state index contributed by atoms with van der Waals surface area (Å²) in [6.07, 6.45) is 11.1. The Morgan fingerprint density at radius 1 is 1.18 bits per heavy atom. The van der Waals surface area contributed by atoms with Crippen molar-refractivity contribution in [2.24, 2.45) is 5.92 Å². The Morgan fingerprint density at radius 2 is 2.00 bits per heavy atom. The third kappa shape index (κ3) is 3.96. The van der Waals surface area contributed by atoms with Gasteiger partial charge in [0.2, 0.25) is 0 Å². The third-order valence-corrected chi connectivity index (χ3v) is 4.54. The molecule has 0 amide bonds. The van der Waals surface area contributed by atoms with Crippen LogP contribution in [0.2, 0.25) is 0 Å². The summed E-state index contributed by atoms with van der Waals surface area (Å²) < 4.78 is 5.82. The first-order valence-electron chi connectivity index (χ1n) is 7.67. The van der Waals surface area contributed by atoms with Crippen molar-refractivity contribution in [1.29, 1.82) is 0 Å². The van der Waals surface area contributed by atoms with Crippen molar-refractivity contribution in [3.63, 3.8) is 0 Å². The van der Waals surface area contributed by atoms with E-state index in [1.54, 1.807) is 0 Å². The molecule has 0 aromatic rings. The van der Waals surface area contributed by atoms with Crippen LogP contribution in [0.15, 0.2) is 0 Å². The second kappa shape index (κ2) is 6.75. The fraction of sp³-hybridized carbons (Fsp3) is 1.00. The summed E-state index contributed by atoms with van der Waals surface area (Å²) in [5.41, 5.74) is 0. The minimum absolute atomic E-state index is 0.519. The molecule has 2 heteroatoms. The van der Waals surface area contributed by atoms with E-state index in [2.05, 4.69) is 19.2 Å². The molecule has 0 radical (unpaired) electrons. The Labute approximate surface area is 107 Å². The van der Waals surface area contributed by atoms with Crippen LogP contribution in [0.3, 0.4) is 0 Å². The molecule has 1 heterocycles. The smallest absolute Gasteiger partial charge is 0.0589 e. The average molecular weight is 239 g/mol. The number of rotatable bonds is 4. The van der Waals surface area contributed by atoms with E-state index in [9.17, 15) is 0 Å². The number of hydrogen-bond donors (Lipinski definition) is 1. The Bertz CT molecular complexity index is 217. The monoisotopic (exact) mass is 239 g/mol. The van der Waals surface area contributed by atoms with E-state index >= 15 is 0 Å². The molecule has 1 saturated carbocycles. The van der Waals surface area contributed by atoms with Crippen LogP contribution < -0.4 is 5.32 Å². The highest BCUT2D eigenvalue weighted by Crippen LogP contribution is 2.26. The van der Waals surface area contributed by atoms with Gasteiger partial charge in [0.25, 0.3) is 0 Å². The topological polar surface area (TPSA) is 21.3 Å². The van der Waals surface area contributed by atoms with E-state index in [0.29, 0.717) is 12.1 Å². The first kappa shape index (κ1) is 13.4. The SMILES string of the molecule is CCCC1CC(NC2CCCCC2C)CCO1. The van der Waals surface area contributed by atoms with E-state index in [1.165, 1.54) is 51.4 Å². The van der Waals surface area contributed by atoms with Crippen LogP contribution in [0.1, 0.15) is 65.2 Å². The van der Waals surface area contributed by atoms with Gasteiger partial charge in [-0.05, 0) is 38.0 Å². The zero-order valence-corrected chi connectivity index (χ0v) is 11.6. The molecule has 2 nitrogen and oxygen atoms in total. The van der Waals surface area contributed by atoms with Gasteiger partial charge in [-0.1, -0.05) is 33.1 Å². The molecule has 0 aromatic carbocycles. The lowest BCUT2D eigenvalue weighted by Gasteiger charge is -2.37. The third-order valence-electron chi connectivity index (χ3n) is 4.54.